The third kappa shape index (κ3) is 3.75. The van der Waals surface area contributed by atoms with E-state index in [9.17, 15) is 9.59 Å². The molecule has 1 aromatic carbocycles. The molecule has 0 spiro atoms. The molecule has 0 aliphatic carbocycles. The molecule has 1 amide bonds. The van der Waals surface area contributed by atoms with Gasteiger partial charge in [0, 0.05) is 7.05 Å². The number of hydrogen-bond acceptors (Lipinski definition) is 5. The minimum absolute atomic E-state index is 0.337. The van der Waals surface area contributed by atoms with Crippen molar-refractivity contribution in [2.75, 3.05) is 13.7 Å². The molecule has 1 aromatic heterocycles. The number of benzene rings is 1. The van der Waals surface area contributed by atoms with Crippen molar-refractivity contribution in [1.82, 2.24) is 14.7 Å². The highest BCUT2D eigenvalue weighted by atomic mass is 16.5. The number of amides is 1. The van der Waals surface area contributed by atoms with E-state index < -0.39 is 24.0 Å². The van der Waals surface area contributed by atoms with Crippen LogP contribution in [-0.4, -0.2) is 45.8 Å². The fraction of sp³-hybridized carbons (Fsp3) is 0.368. The molecular formula is C19H22N4O3. The fourth-order valence-electron chi connectivity index (χ4n) is 2.44. The van der Waals surface area contributed by atoms with Gasteiger partial charge >= 0.3 is 5.97 Å². The van der Waals surface area contributed by atoms with Crippen LogP contribution in [0.2, 0.25) is 0 Å². The molecule has 0 unspecified atom stereocenters. The maximum absolute atomic E-state index is 12.5. The van der Waals surface area contributed by atoms with Crippen LogP contribution in [0.3, 0.4) is 0 Å². The van der Waals surface area contributed by atoms with E-state index in [2.05, 4.69) is 5.10 Å². The van der Waals surface area contributed by atoms with E-state index in [0.717, 1.165) is 5.69 Å². The molecule has 0 saturated carbocycles. The van der Waals surface area contributed by atoms with Gasteiger partial charge in [-0.3, -0.25) is 4.79 Å². The second-order valence-electron chi connectivity index (χ2n) is 6.49. The van der Waals surface area contributed by atoms with Crippen LogP contribution >= 0.6 is 0 Å². The third-order valence-corrected chi connectivity index (χ3v) is 4.31. The van der Waals surface area contributed by atoms with E-state index in [0.29, 0.717) is 17.0 Å². The average molecular weight is 354 g/mol. The van der Waals surface area contributed by atoms with Crippen molar-refractivity contribution in [3.05, 3.63) is 47.3 Å². The van der Waals surface area contributed by atoms with E-state index in [4.69, 9.17) is 10.00 Å². The van der Waals surface area contributed by atoms with Gasteiger partial charge < -0.3 is 9.64 Å². The quantitative estimate of drug-likeness (QED) is 0.769. The molecule has 2 aromatic rings. The van der Waals surface area contributed by atoms with Crippen molar-refractivity contribution in [3.8, 4) is 11.8 Å². The number of aryl methyl sites for hydroxylation is 1. The maximum Gasteiger partial charge on any atom is 0.342 e. The van der Waals surface area contributed by atoms with Gasteiger partial charge in [-0.1, -0.05) is 18.2 Å². The summed E-state index contributed by atoms with van der Waals surface area (Å²) in [6, 6.07) is 11.5. The molecule has 136 valence electrons. The first-order valence-electron chi connectivity index (χ1n) is 8.15. The summed E-state index contributed by atoms with van der Waals surface area (Å²) in [6.45, 7) is 6.29. The predicted molar refractivity (Wildman–Crippen MR) is 95.8 cm³/mol. The molecule has 7 heteroatoms. The van der Waals surface area contributed by atoms with Gasteiger partial charge in [0.05, 0.1) is 23.1 Å². The topological polar surface area (TPSA) is 88.2 Å². The minimum Gasteiger partial charge on any atom is -0.452 e. The number of nitrogens with zero attached hydrogens (tertiary/aromatic N) is 4. The molecule has 0 N–H and O–H groups in total. The summed E-state index contributed by atoms with van der Waals surface area (Å²) in [6.07, 6.45) is 0. The molecular weight excluding hydrogens is 332 g/mol. The Kier molecular flexibility index (Phi) is 5.46. The third-order valence-electron chi connectivity index (χ3n) is 4.31. The number of hydrogen-bond donors (Lipinski definition) is 0. The van der Waals surface area contributed by atoms with Crippen molar-refractivity contribution in [2.24, 2.45) is 0 Å². The Bertz CT molecular complexity index is 863. The van der Waals surface area contributed by atoms with E-state index in [1.807, 2.05) is 36.4 Å². The van der Waals surface area contributed by atoms with Gasteiger partial charge in [0.2, 0.25) is 0 Å². The number of esters is 1. The Morgan fingerprint density at radius 3 is 2.46 bits per heavy atom. The van der Waals surface area contributed by atoms with Crippen LogP contribution in [0.15, 0.2) is 30.3 Å². The summed E-state index contributed by atoms with van der Waals surface area (Å²) in [5, 5.41) is 13.5. The lowest BCUT2D eigenvalue weighted by Crippen LogP contribution is -2.45. The molecule has 1 heterocycles. The van der Waals surface area contributed by atoms with Crippen LogP contribution in [0.4, 0.5) is 0 Å². The highest BCUT2D eigenvalue weighted by Gasteiger charge is 2.28. The van der Waals surface area contributed by atoms with Crippen molar-refractivity contribution in [2.45, 2.75) is 33.2 Å². The van der Waals surface area contributed by atoms with E-state index in [1.165, 1.54) is 11.9 Å². The van der Waals surface area contributed by atoms with Crippen molar-refractivity contribution < 1.29 is 14.3 Å². The monoisotopic (exact) mass is 354 g/mol. The normalized spacial score (nSPS) is 10.9. The first-order valence-corrected chi connectivity index (χ1v) is 8.15. The van der Waals surface area contributed by atoms with Crippen molar-refractivity contribution in [3.63, 3.8) is 0 Å². The highest BCUT2D eigenvalue weighted by Crippen LogP contribution is 2.19. The average Bonchev–Trinajstić information content (AvgIpc) is 2.93. The second kappa shape index (κ2) is 7.40. The van der Waals surface area contributed by atoms with Gasteiger partial charge in [-0.2, -0.15) is 10.4 Å². The molecule has 26 heavy (non-hydrogen) atoms. The molecule has 2 rings (SSSR count). The first kappa shape index (κ1) is 19.2. The Labute approximate surface area is 152 Å². The minimum atomic E-state index is -0.979. The zero-order valence-corrected chi connectivity index (χ0v) is 15.6. The maximum atomic E-state index is 12.5. The molecule has 0 bridgehead atoms. The van der Waals surface area contributed by atoms with Gasteiger partial charge in [-0.25, -0.2) is 9.48 Å². The standard InChI is InChI=1S/C19H22N4O3/c1-13-17(14(2)23(21-13)15-9-7-6-8-10-15)18(25)26-11-16(24)22(5)19(3,4)12-20/h6-10H,11H2,1-5H3. The predicted octanol–water partition coefficient (Wildman–Crippen LogP) is 2.41. The molecule has 0 atom stereocenters. The highest BCUT2D eigenvalue weighted by molar-refractivity contribution is 5.93. The Hall–Kier alpha value is -3.14. The van der Waals surface area contributed by atoms with Gasteiger partial charge in [0.1, 0.15) is 11.1 Å². The lowest BCUT2D eigenvalue weighted by molar-refractivity contribution is -0.136. The fourth-order valence-corrected chi connectivity index (χ4v) is 2.44. The Balaban J connectivity index is 2.15. The summed E-state index contributed by atoms with van der Waals surface area (Å²) >= 11 is 0. The van der Waals surface area contributed by atoms with E-state index in [1.54, 1.807) is 32.4 Å². The zero-order chi connectivity index (χ0) is 19.5. The number of aromatic nitrogens is 2. The number of rotatable bonds is 5. The molecule has 7 nitrogen and oxygen atoms in total. The van der Waals surface area contributed by atoms with Crippen molar-refractivity contribution in [1.29, 1.82) is 5.26 Å². The largest absolute Gasteiger partial charge is 0.452 e. The molecule has 0 fully saturated rings. The second-order valence-corrected chi connectivity index (χ2v) is 6.49. The number of likely N-dealkylation sites (N-methyl/N-ethyl adjacent to an activating group) is 1. The lowest BCUT2D eigenvalue weighted by Gasteiger charge is -2.28. The SMILES string of the molecule is Cc1nn(-c2ccccc2)c(C)c1C(=O)OCC(=O)N(C)C(C)(C)C#N. The Morgan fingerprint density at radius 2 is 1.88 bits per heavy atom. The molecule has 0 saturated heterocycles. The van der Waals surface area contributed by atoms with Crippen LogP contribution in [0.5, 0.6) is 0 Å². The lowest BCUT2D eigenvalue weighted by atomic mass is 10.1. The number of carbonyl (C=O) groups is 2. The summed E-state index contributed by atoms with van der Waals surface area (Å²) < 4.78 is 6.83. The summed E-state index contributed by atoms with van der Waals surface area (Å²) in [5.41, 5.74) is 1.35. The molecule has 0 radical (unpaired) electrons. The number of para-hydroxylation sites is 1. The van der Waals surface area contributed by atoms with Crippen LogP contribution in [0, 0.1) is 25.2 Å². The summed E-state index contributed by atoms with van der Waals surface area (Å²) in [7, 11) is 1.50. The smallest absolute Gasteiger partial charge is 0.342 e. The number of ether oxygens (including phenoxy) is 1. The number of nitriles is 1. The van der Waals surface area contributed by atoms with Gasteiger partial charge in [0.25, 0.3) is 5.91 Å². The van der Waals surface area contributed by atoms with E-state index in [-0.39, 0.29) is 0 Å². The van der Waals surface area contributed by atoms with Gasteiger partial charge in [-0.15, -0.1) is 0 Å². The van der Waals surface area contributed by atoms with Crippen LogP contribution < -0.4 is 0 Å². The molecule has 0 aliphatic rings. The van der Waals surface area contributed by atoms with Crippen LogP contribution in [-0.2, 0) is 9.53 Å². The summed E-state index contributed by atoms with van der Waals surface area (Å²) in [4.78, 5) is 25.9. The van der Waals surface area contributed by atoms with Crippen LogP contribution in [0.1, 0.15) is 35.6 Å². The Morgan fingerprint density at radius 1 is 1.27 bits per heavy atom. The van der Waals surface area contributed by atoms with Gasteiger partial charge in [0.15, 0.2) is 6.61 Å². The molecule has 0 aliphatic heterocycles. The van der Waals surface area contributed by atoms with E-state index >= 15 is 0 Å². The van der Waals surface area contributed by atoms with Gasteiger partial charge in [-0.05, 0) is 39.8 Å². The number of carbonyl (C=O) groups excluding carboxylic acids is 2. The van der Waals surface area contributed by atoms with Crippen molar-refractivity contribution >= 4 is 11.9 Å². The first-order chi connectivity index (χ1) is 12.2. The van der Waals surface area contributed by atoms with Crippen LogP contribution in [0.25, 0.3) is 5.69 Å². The summed E-state index contributed by atoms with van der Waals surface area (Å²) in [5.74, 6) is -1.06. The zero-order valence-electron chi connectivity index (χ0n) is 15.6.